The second-order valence-electron chi connectivity index (χ2n) is 5.39. The molecule has 3 aromatic rings. The number of aliphatic hydroxyl groups is 1. The predicted octanol–water partition coefficient (Wildman–Crippen LogP) is 2.84. The Morgan fingerprint density at radius 3 is 2.79 bits per heavy atom. The van der Waals surface area contributed by atoms with Crippen LogP contribution in [0, 0.1) is 0 Å². The minimum Gasteiger partial charge on any atom is -0.463 e. The molecule has 0 aliphatic rings. The summed E-state index contributed by atoms with van der Waals surface area (Å²) >= 11 is 1.54. The standard InChI is InChI=1S/C13H15N3O2S/c1-13(2,3)11-15-16-8(7-17)10(14-12(16)19-11)9-5-4-6-18-9/h4-6,17H,7H2,1-3H3. The fourth-order valence-electron chi connectivity index (χ4n) is 1.85. The largest absolute Gasteiger partial charge is 0.463 e. The van der Waals surface area contributed by atoms with Gasteiger partial charge in [-0.1, -0.05) is 32.1 Å². The van der Waals surface area contributed by atoms with Gasteiger partial charge in [0.1, 0.15) is 16.4 Å². The highest BCUT2D eigenvalue weighted by Crippen LogP contribution is 2.31. The average molecular weight is 277 g/mol. The van der Waals surface area contributed by atoms with Gasteiger partial charge in [-0.05, 0) is 12.1 Å². The Hall–Kier alpha value is -1.66. The molecule has 19 heavy (non-hydrogen) atoms. The van der Waals surface area contributed by atoms with Gasteiger partial charge in [-0.25, -0.2) is 9.50 Å². The molecule has 3 aromatic heterocycles. The monoisotopic (exact) mass is 277 g/mol. The highest BCUT2D eigenvalue weighted by molar-refractivity contribution is 7.16. The molecular formula is C13H15N3O2S. The quantitative estimate of drug-likeness (QED) is 0.782. The number of imidazole rings is 1. The zero-order valence-corrected chi connectivity index (χ0v) is 11.9. The molecule has 5 nitrogen and oxygen atoms in total. The van der Waals surface area contributed by atoms with Gasteiger partial charge in [-0.3, -0.25) is 0 Å². The maximum Gasteiger partial charge on any atom is 0.213 e. The molecule has 0 aliphatic heterocycles. The first-order valence-electron chi connectivity index (χ1n) is 6.04. The molecule has 0 bridgehead atoms. The van der Waals surface area contributed by atoms with Crippen molar-refractivity contribution in [3.8, 4) is 11.5 Å². The topological polar surface area (TPSA) is 63.6 Å². The van der Waals surface area contributed by atoms with E-state index in [2.05, 4.69) is 30.9 Å². The number of furan rings is 1. The van der Waals surface area contributed by atoms with Crippen LogP contribution in [0.1, 0.15) is 31.5 Å². The molecule has 6 heteroatoms. The van der Waals surface area contributed by atoms with Crippen molar-refractivity contribution in [1.29, 1.82) is 0 Å². The first kappa shape index (κ1) is 12.4. The fraction of sp³-hybridized carbons (Fsp3) is 0.385. The lowest BCUT2D eigenvalue weighted by atomic mass is 9.98. The lowest BCUT2D eigenvalue weighted by Crippen LogP contribution is -2.11. The normalized spacial score (nSPS) is 12.4. The molecule has 0 aliphatic carbocycles. The molecule has 100 valence electrons. The van der Waals surface area contributed by atoms with Gasteiger partial charge in [-0.2, -0.15) is 5.10 Å². The molecule has 1 N–H and O–H groups in total. The van der Waals surface area contributed by atoms with Crippen molar-refractivity contribution in [3.05, 3.63) is 29.1 Å². The zero-order valence-electron chi connectivity index (χ0n) is 11.0. The number of aromatic nitrogens is 3. The third-order valence-corrected chi connectivity index (χ3v) is 4.18. The van der Waals surface area contributed by atoms with E-state index in [0.717, 1.165) is 9.97 Å². The molecule has 0 amide bonds. The van der Waals surface area contributed by atoms with Crippen LogP contribution < -0.4 is 0 Å². The summed E-state index contributed by atoms with van der Waals surface area (Å²) in [6, 6.07) is 3.63. The van der Waals surface area contributed by atoms with E-state index in [1.165, 1.54) is 11.3 Å². The fourth-order valence-corrected chi connectivity index (χ4v) is 2.82. The van der Waals surface area contributed by atoms with Crippen LogP contribution in [0.3, 0.4) is 0 Å². The lowest BCUT2D eigenvalue weighted by Gasteiger charge is -2.12. The third-order valence-electron chi connectivity index (χ3n) is 2.84. The summed E-state index contributed by atoms with van der Waals surface area (Å²) in [5.41, 5.74) is 1.30. The van der Waals surface area contributed by atoms with Gasteiger partial charge < -0.3 is 9.52 Å². The van der Waals surface area contributed by atoms with Gasteiger partial charge in [-0.15, -0.1) is 0 Å². The Morgan fingerprint density at radius 2 is 2.21 bits per heavy atom. The molecule has 0 radical (unpaired) electrons. The first-order chi connectivity index (χ1) is 9.00. The number of rotatable bonds is 2. The smallest absolute Gasteiger partial charge is 0.213 e. The third kappa shape index (κ3) is 1.97. The van der Waals surface area contributed by atoms with Crippen LogP contribution in [0.5, 0.6) is 0 Å². The van der Waals surface area contributed by atoms with Gasteiger partial charge >= 0.3 is 0 Å². The van der Waals surface area contributed by atoms with E-state index in [4.69, 9.17) is 4.42 Å². The molecule has 0 unspecified atom stereocenters. The van der Waals surface area contributed by atoms with E-state index >= 15 is 0 Å². The van der Waals surface area contributed by atoms with Crippen molar-refractivity contribution in [2.24, 2.45) is 0 Å². The van der Waals surface area contributed by atoms with E-state index < -0.39 is 0 Å². The SMILES string of the molecule is CC(C)(C)c1nn2c(CO)c(-c3ccco3)nc2s1. The molecule has 0 saturated carbocycles. The van der Waals surface area contributed by atoms with Crippen LogP contribution in [-0.2, 0) is 12.0 Å². The highest BCUT2D eigenvalue weighted by atomic mass is 32.1. The number of aliphatic hydroxyl groups excluding tert-OH is 1. The Balaban J connectivity index is 2.20. The van der Waals surface area contributed by atoms with Crippen molar-refractivity contribution in [3.63, 3.8) is 0 Å². The Bertz CT molecular complexity index is 704. The van der Waals surface area contributed by atoms with E-state index in [-0.39, 0.29) is 12.0 Å². The van der Waals surface area contributed by atoms with Gasteiger partial charge in [0.25, 0.3) is 0 Å². The van der Waals surface area contributed by atoms with Gasteiger partial charge in [0.05, 0.1) is 12.9 Å². The number of hydrogen-bond donors (Lipinski definition) is 1. The van der Waals surface area contributed by atoms with Gasteiger partial charge in [0, 0.05) is 5.41 Å². The van der Waals surface area contributed by atoms with Gasteiger partial charge in [0.15, 0.2) is 5.76 Å². The number of hydrogen-bond acceptors (Lipinski definition) is 5. The summed E-state index contributed by atoms with van der Waals surface area (Å²) < 4.78 is 7.06. The summed E-state index contributed by atoms with van der Waals surface area (Å²) in [4.78, 5) is 5.30. The van der Waals surface area contributed by atoms with E-state index in [1.54, 1.807) is 16.8 Å². The maximum atomic E-state index is 9.58. The number of fused-ring (bicyclic) bond motifs is 1. The summed E-state index contributed by atoms with van der Waals surface area (Å²) in [5, 5.41) is 15.1. The zero-order chi connectivity index (χ0) is 13.6. The predicted molar refractivity (Wildman–Crippen MR) is 73.2 cm³/mol. The Labute approximate surface area is 114 Å². The molecule has 0 aromatic carbocycles. The van der Waals surface area contributed by atoms with Crippen molar-refractivity contribution in [2.45, 2.75) is 32.8 Å². The van der Waals surface area contributed by atoms with Crippen molar-refractivity contribution >= 4 is 16.3 Å². The molecular weight excluding hydrogens is 262 g/mol. The summed E-state index contributed by atoms with van der Waals surface area (Å²) in [5.74, 6) is 0.652. The molecule has 0 saturated heterocycles. The van der Waals surface area contributed by atoms with Crippen LogP contribution in [0.4, 0.5) is 0 Å². The van der Waals surface area contributed by atoms with Crippen molar-refractivity contribution < 1.29 is 9.52 Å². The molecule has 0 atom stereocenters. The lowest BCUT2D eigenvalue weighted by molar-refractivity contribution is 0.274. The average Bonchev–Trinajstić information content (AvgIpc) is 3.02. The number of nitrogens with zero attached hydrogens (tertiary/aromatic N) is 3. The molecule has 3 heterocycles. The second kappa shape index (κ2) is 4.18. The summed E-state index contributed by atoms with van der Waals surface area (Å²) in [7, 11) is 0. The Morgan fingerprint density at radius 1 is 1.42 bits per heavy atom. The molecule has 0 fully saturated rings. The van der Waals surface area contributed by atoms with E-state index in [9.17, 15) is 5.11 Å². The van der Waals surface area contributed by atoms with Crippen LogP contribution in [0.2, 0.25) is 0 Å². The van der Waals surface area contributed by atoms with Crippen LogP contribution in [0.25, 0.3) is 16.4 Å². The maximum absolute atomic E-state index is 9.58. The molecule has 0 spiro atoms. The summed E-state index contributed by atoms with van der Waals surface area (Å²) in [6.45, 7) is 6.20. The molecule has 3 rings (SSSR count). The minimum atomic E-state index is -0.121. The first-order valence-corrected chi connectivity index (χ1v) is 6.86. The Kier molecular flexibility index (Phi) is 2.72. The van der Waals surface area contributed by atoms with E-state index in [1.807, 2.05) is 6.07 Å². The second-order valence-corrected chi connectivity index (χ2v) is 6.35. The van der Waals surface area contributed by atoms with Crippen molar-refractivity contribution in [1.82, 2.24) is 14.6 Å². The van der Waals surface area contributed by atoms with Crippen LogP contribution in [0.15, 0.2) is 22.8 Å². The van der Waals surface area contributed by atoms with Crippen LogP contribution >= 0.6 is 11.3 Å². The summed E-state index contributed by atoms with van der Waals surface area (Å²) in [6.07, 6.45) is 1.60. The van der Waals surface area contributed by atoms with E-state index in [0.29, 0.717) is 17.1 Å². The van der Waals surface area contributed by atoms with Crippen LogP contribution in [-0.4, -0.2) is 19.7 Å². The van der Waals surface area contributed by atoms with Gasteiger partial charge in [0.2, 0.25) is 4.96 Å². The highest BCUT2D eigenvalue weighted by Gasteiger charge is 2.24. The van der Waals surface area contributed by atoms with Crippen molar-refractivity contribution in [2.75, 3.05) is 0 Å². The minimum absolute atomic E-state index is 0.0249.